The predicted molar refractivity (Wildman–Crippen MR) is 124 cm³/mol. The minimum Gasteiger partial charge on any atom is -0.507 e. The van der Waals surface area contributed by atoms with Crippen molar-refractivity contribution in [3.8, 4) is 11.5 Å². The number of methoxy groups -OCH3 is 1. The molecule has 1 atom stereocenters. The highest BCUT2D eigenvalue weighted by Crippen LogP contribution is 2.43. The third-order valence-corrected chi connectivity index (χ3v) is 5.64. The van der Waals surface area contributed by atoms with Crippen LogP contribution in [0.5, 0.6) is 11.5 Å². The lowest BCUT2D eigenvalue weighted by Gasteiger charge is -2.23. The largest absolute Gasteiger partial charge is 0.507 e. The monoisotopic (exact) mass is 467 g/mol. The highest BCUT2D eigenvalue weighted by molar-refractivity contribution is 6.51. The number of Topliss-reactive ketones (excluding diaryl/α,β-unsaturated/α-hetero) is 1. The Bertz CT molecular complexity index is 1240. The van der Waals surface area contributed by atoms with Gasteiger partial charge in [-0.15, -0.1) is 0 Å². The quantitative estimate of drug-likeness (QED) is 0.301. The van der Waals surface area contributed by atoms with Gasteiger partial charge in [0.05, 0.1) is 24.3 Å². The molecule has 1 N–H and O–H groups in total. The van der Waals surface area contributed by atoms with Crippen molar-refractivity contribution in [2.45, 2.75) is 19.9 Å². The van der Waals surface area contributed by atoms with Crippen LogP contribution in [0, 0.1) is 6.92 Å². The van der Waals surface area contributed by atoms with Gasteiger partial charge in [-0.3, -0.25) is 14.5 Å². The van der Waals surface area contributed by atoms with Crippen molar-refractivity contribution in [3.05, 3.63) is 82.3 Å². The molecule has 8 heteroatoms. The van der Waals surface area contributed by atoms with Crippen LogP contribution in [-0.4, -0.2) is 30.5 Å². The van der Waals surface area contributed by atoms with Gasteiger partial charge in [-0.1, -0.05) is 11.6 Å². The van der Waals surface area contributed by atoms with E-state index in [1.165, 1.54) is 18.1 Å². The molecule has 1 aromatic heterocycles. The van der Waals surface area contributed by atoms with E-state index in [9.17, 15) is 14.7 Å². The molecule has 1 fully saturated rings. The number of ether oxygens (including phenoxy) is 2. The highest BCUT2D eigenvalue weighted by Gasteiger charge is 2.48. The number of amides is 1. The van der Waals surface area contributed by atoms with Crippen LogP contribution in [0.15, 0.2) is 64.6 Å². The highest BCUT2D eigenvalue weighted by atomic mass is 35.5. The second-order valence-electron chi connectivity index (χ2n) is 7.39. The fraction of sp³-hybridized carbons (Fsp3) is 0.200. The number of nitrogens with zero attached hydrogens (tertiary/aromatic N) is 1. The van der Waals surface area contributed by atoms with E-state index in [-0.39, 0.29) is 11.3 Å². The van der Waals surface area contributed by atoms with Crippen LogP contribution in [-0.2, 0) is 9.59 Å². The van der Waals surface area contributed by atoms with Crippen molar-refractivity contribution in [3.63, 3.8) is 0 Å². The number of aryl methyl sites for hydroxylation is 1. The van der Waals surface area contributed by atoms with Crippen LogP contribution in [0.2, 0.25) is 5.02 Å². The Morgan fingerprint density at radius 2 is 1.85 bits per heavy atom. The lowest BCUT2D eigenvalue weighted by Crippen LogP contribution is -2.29. The molecule has 1 aliphatic heterocycles. The molecule has 0 aliphatic carbocycles. The molecule has 3 aromatic rings. The Morgan fingerprint density at radius 1 is 1.12 bits per heavy atom. The molecule has 2 aromatic carbocycles. The van der Waals surface area contributed by atoms with Gasteiger partial charge in [0, 0.05) is 11.3 Å². The molecule has 2 heterocycles. The molecule has 33 heavy (non-hydrogen) atoms. The van der Waals surface area contributed by atoms with E-state index in [2.05, 4.69) is 0 Å². The number of ketones is 1. The molecule has 0 saturated carbocycles. The summed E-state index contributed by atoms with van der Waals surface area (Å²) < 4.78 is 16.5. The molecule has 0 bridgehead atoms. The number of rotatable bonds is 6. The average molecular weight is 468 g/mol. The van der Waals surface area contributed by atoms with Gasteiger partial charge < -0.3 is 19.0 Å². The van der Waals surface area contributed by atoms with Crippen molar-refractivity contribution >= 4 is 34.7 Å². The Labute approximate surface area is 195 Å². The molecule has 0 spiro atoms. The van der Waals surface area contributed by atoms with Gasteiger partial charge in [0.15, 0.2) is 0 Å². The number of carbonyl (C=O) groups is 2. The molecule has 1 saturated heterocycles. The Hall–Kier alpha value is -3.71. The SMILES string of the molecule is CCOc1cc(/C(O)=C2/C(=O)C(=O)N(c3ccc(OC)cc3)C2c2ccc(C)o2)ccc1Cl. The summed E-state index contributed by atoms with van der Waals surface area (Å²) in [7, 11) is 1.54. The first-order valence-electron chi connectivity index (χ1n) is 10.3. The van der Waals surface area contributed by atoms with Crippen LogP contribution in [0.1, 0.15) is 30.0 Å². The van der Waals surface area contributed by atoms with Crippen molar-refractivity contribution in [1.82, 2.24) is 0 Å². The predicted octanol–water partition coefficient (Wildman–Crippen LogP) is 5.28. The minimum atomic E-state index is -0.960. The summed E-state index contributed by atoms with van der Waals surface area (Å²) in [5.41, 5.74) is 0.668. The smallest absolute Gasteiger partial charge is 0.300 e. The van der Waals surface area contributed by atoms with Crippen molar-refractivity contribution in [2.75, 3.05) is 18.6 Å². The fourth-order valence-corrected chi connectivity index (χ4v) is 3.96. The van der Waals surface area contributed by atoms with Gasteiger partial charge >= 0.3 is 0 Å². The zero-order valence-corrected chi connectivity index (χ0v) is 19.1. The van der Waals surface area contributed by atoms with Gasteiger partial charge in [-0.2, -0.15) is 0 Å². The zero-order valence-electron chi connectivity index (χ0n) is 18.3. The molecular weight excluding hydrogens is 446 g/mol. The average Bonchev–Trinajstić information content (AvgIpc) is 3.36. The topological polar surface area (TPSA) is 89.2 Å². The normalized spacial score (nSPS) is 17.5. The number of benzene rings is 2. The lowest BCUT2D eigenvalue weighted by molar-refractivity contribution is -0.132. The number of aliphatic hydroxyl groups is 1. The maximum atomic E-state index is 13.2. The third kappa shape index (κ3) is 4.07. The number of carbonyl (C=O) groups excluding carboxylic acids is 2. The summed E-state index contributed by atoms with van der Waals surface area (Å²) in [6.45, 7) is 3.94. The van der Waals surface area contributed by atoms with Gasteiger partial charge in [0.25, 0.3) is 11.7 Å². The summed E-state index contributed by atoms with van der Waals surface area (Å²) in [6, 6.07) is 13.8. The van der Waals surface area contributed by atoms with E-state index in [1.54, 1.807) is 55.5 Å². The minimum absolute atomic E-state index is 0.0880. The number of hydrogen-bond donors (Lipinski definition) is 1. The van der Waals surface area contributed by atoms with Crippen LogP contribution >= 0.6 is 11.6 Å². The second-order valence-corrected chi connectivity index (χ2v) is 7.80. The van der Waals surface area contributed by atoms with Gasteiger partial charge in [-0.05, 0) is 68.4 Å². The first-order chi connectivity index (χ1) is 15.8. The molecule has 4 rings (SSSR count). The van der Waals surface area contributed by atoms with Crippen molar-refractivity contribution in [2.24, 2.45) is 0 Å². The third-order valence-electron chi connectivity index (χ3n) is 5.33. The molecule has 1 unspecified atom stereocenters. The summed E-state index contributed by atoms with van der Waals surface area (Å²) >= 11 is 6.17. The molecule has 170 valence electrons. The van der Waals surface area contributed by atoms with E-state index < -0.39 is 17.7 Å². The van der Waals surface area contributed by atoms with E-state index in [0.29, 0.717) is 45.9 Å². The van der Waals surface area contributed by atoms with Gasteiger partial charge in [0.2, 0.25) is 0 Å². The van der Waals surface area contributed by atoms with Gasteiger partial charge in [-0.25, -0.2) is 0 Å². The number of furan rings is 1. The standard InChI is InChI=1S/C25H22ClNO6/c1-4-32-20-13-15(6-11-18(20)26)23(28)21-22(19-12-5-14(2)33-19)27(25(30)24(21)29)16-7-9-17(31-3)10-8-16/h5-13,22,28H,4H2,1-3H3/b23-21-. The van der Waals surface area contributed by atoms with E-state index in [4.69, 9.17) is 25.5 Å². The molecule has 1 amide bonds. The van der Waals surface area contributed by atoms with E-state index in [1.807, 2.05) is 6.92 Å². The Balaban J connectivity index is 1.89. The van der Waals surface area contributed by atoms with Crippen LogP contribution < -0.4 is 14.4 Å². The first kappa shape index (κ1) is 22.5. The fourth-order valence-electron chi connectivity index (χ4n) is 3.78. The van der Waals surface area contributed by atoms with Gasteiger partial charge in [0.1, 0.15) is 34.8 Å². The second kappa shape index (κ2) is 9.03. The summed E-state index contributed by atoms with van der Waals surface area (Å²) in [5.74, 6) is -0.0297. The van der Waals surface area contributed by atoms with Crippen LogP contribution in [0.25, 0.3) is 5.76 Å². The number of hydrogen-bond acceptors (Lipinski definition) is 6. The molecule has 0 radical (unpaired) electrons. The lowest BCUT2D eigenvalue weighted by atomic mass is 9.99. The first-order valence-corrected chi connectivity index (χ1v) is 10.7. The van der Waals surface area contributed by atoms with E-state index in [0.717, 1.165) is 0 Å². The van der Waals surface area contributed by atoms with Crippen LogP contribution in [0.4, 0.5) is 5.69 Å². The maximum Gasteiger partial charge on any atom is 0.300 e. The summed E-state index contributed by atoms with van der Waals surface area (Å²) in [5, 5.41) is 11.6. The Kier molecular flexibility index (Phi) is 6.16. The summed E-state index contributed by atoms with van der Waals surface area (Å²) in [4.78, 5) is 27.6. The van der Waals surface area contributed by atoms with Crippen molar-refractivity contribution < 1.29 is 28.6 Å². The Morgan fingerprint density at radius 3 is 2.45 bits per heavy atom. The maximum absolute atomic E-state index is 13.2. The number of halogens is 1. The van der Waals surface area contributed by atoms with Crippen LogP contribution in [0.3, 0.4) is 0 Å². The van der Waals surface area contributed by atoms with E-state index >= 15 is 0 Å². The zero-order chi connectivity index (χ0) is 23.7. The molecule has 7 nitrogen and oxygen atoms in total. The molecule has 1 aliphatic rings. The van der Waals surface area contributed by atoms with Crippen molar-refractivity contribution in [1.29, 1.82) is 0 Å². The number of aliphatic hydroxyl groups excluding tert-OH is 1. The molecular formula is C25H22ClNO6. The number of anilines is 1. The summed E-state index contributed by atoms with van der Waals surface area (Å²) in [6.07, 6.45) is 0.